The highest BCUT2D eigenvalue weighted by atomic mass is 16.6. The van der Waals surface area contributed by atoms with Crippen molar-refractivity contribution in [1.29, 1.82) is 0 Å². The van der Waals surface area contributed by atoms with Crippen molar-refractivity contribution >= 4 is 28.7 Å². The lowest BCUT2D eigenvalue weighted by molar-refractivity contribution is -0.384. The number of nitrogens with zero attached hydrogens (tertiary/aromatic N) is 1. The van der Waals surface area contributed by atoms with Crippen LogP contribution in [-0.2, 0) is 4.79 Å². The van der Waals surface area contributed by atoms with Crippen LogP contribution >= 0.6 is 0 Å². The van der Waals surface area contributed by atoms with Crippen LogP contribution in [0.2, 0.25) is 0 Å². The minimum atomic E-state index is -0.478. The summed E-state index contributed by atoms with van der Waals surface area (Å²) in [7, 11) is 0. The number of benzene rings is 2. The molecule has 2 aromatic carbocycles. The molecule has 6 heteroatoms. The van der Waals surface area contributed by atoms with Crippen molar-refractivity contribution in [3.05, 3.63) is 58.1 Å². The van der Waals surface area contributed by atoms with Crippen molar-refractivity contribution in [2.75, 3.05) is 10.6 Å². The number of aryl methyl sites for hydroxylation is 1. The Morgan fingerprint density at radius 3 is 2.17 bits per heavy atom. The number of non-ortho nitro benzene ring substituents is 1. The number of hydrogen-bond donors (Lipinski definition) is 2. The maximum absolute atomic E-state index is 12.2. The fourth-order valence-electron chi connectivity index (χ4n) is 1.98. The Morgan fingerprint density at radius 1 is 1.04 bits per heavy atom. The van der Waals surface area contributed by atoms with Crippen molar-refractivity contribution in [2.24, 2.45) is 5.41 Å². The van der Waals surface area contributed by atoms with E-state index in [2.05, 4.69) is 10.6 Å². The van der Waals surface area contributed by atoms with E-state index in [1.54, 1.807) is 12.1 Å². The molecule has 0 aliphatic rings. The molecule has 126 valence electrons. The number of rotatable bonds is 4. The van der Waals surface area contributed by atoms with Gasteiger partial charge in [-0.1, -0.05) is 26.8 Å². The van der Waals surface area contributed by atoms with Crippen LogP contribution in [0.4, 0.5) is 22.7 Å². The summed E-state index contributed by atoms with van der Waals surface area (Å²) in [6, 6.07) is 11.8. The second kappa shape index (κ2) is 6.70. The molecule has 2 aromatic rings. The first-order chi connectivity index (χ1) is 11.2. The first-order valence-electron chi connectivity index (χ1n) is 7.60. The van der Waals surface area contributed by atoms with Crippen LogP contribution in [0.3, 0.4) is 0 Å². The van der Waals surface area contributed by atoms with Crippen molar-refractivity contribution in [3.8, 4) is 0 Å². The molecule has 0 aliphatic heterocycles. The Hall–Kier alpha value is -2.89. The summed E-state index contributed by atoms with van der Waals surface area (Å²) in [4.78, 5) is 22.4. The second-order valence-electron chi connectivity index (χ2n) is 6.66. The molecule has 0 bridgehead atoms. The van der Waals surface area contributed by atoms with E-state index in [0.717, 1.165) is 22.6 Å². The molecule has 2 N–H and O–H groups in total. The summed E-state index contributed by atoms with van der Waals surface area (Å²) < 4.78 is 0. The first-order valence-corrected chi connectivity index (χ1v) is 7.60. The topological polar surface area (TPSA) is 84.3 Å². The minimum Gasteiger partial charge on any atom is -0.355 e. The average molecular weight is 327 g/mol. The van der Waals surface area contributed by atoms with Gasteiger partial charge in [0.05, 0.1) is 4.92 Å². The molecule has 0 fully saturated rings. The van der Waals surface area contributed by atoms with Crippen LogP contribution in [0.25, 0.3) is 0 Å². The van der Waals surface area contributed by atoms with E-state index in [4.69, 9.17) is 0 Å². The third-order valence-corrected chi connectivity index (χ3v) is 3.53. The number of nitro benzene ring substituents is 1. The molecule has 1 amide bonds. The third-order valence-electron chi connectivity index (χ3n) is 3.53. The van der Waals surface area contributed by atoms with Crippen molar-refractivity contribution in [1.82, 2.24) is 0 Å². The molecule has 0 radical (unpaired) electrons. The van der Waals surface area contributed by atoms with Gasteiger partial charge in [-0.25, -0.2) is 0 Å². The number of hydrogen-bond acceptors (Lipinski definition) is 4. The highest BCUT2D eigenvalue weighted by molar-refractivity contribution is 5.95. The zero-order chi connectivity index (χ0) is 17.9. The minimum absolute atomic E-state index is 0.0441. The molecule has 0 aliphatic carbocycles. The number of nitrogens with one attached hydrogen (secondary N) is 2. The fourth-order valence-corrected chi connectivity index (χ4v) is 1.98. The first kappa shape index (κ1) is 17.5. The van der Waals surface area contributed by atoms with Crippen LogP contribution in [0.1, 0.15) is 26.3 Å². The molecule has 0 atom stereocenters. The third kappa shape index (κ3) is 4.32. The number of amides is 1. The van der Waals surface area contributed by atoms with E-state index in [-0.39, 0.29) is 11.6 Å². The van der Waals surface area contributed by atoms with Gasteiger partial charge in [0, 0.05) is 34.6 Å². The summed E-state index contributed by atoms with van der Waals surface area (Å²) >= 11 is 0. The van der Waals surface area contributed by atoms with Gasteiger partial charge in [-0.3, -0.25) is 14.9 Å². The summed E-state index contributed by atoms with van der Waals surface area (Å²) in [6.45, 7) is 7.50. The molecule has 0 heterocycles. The van der Waals surface area contributed by atoms with E-state index in [0.29, 0.717) is 0 Å². The van der Waals surface area contributed by atoms with Gasteiger partial charge in [0.15, 0.2) is 0 Å². The normalized spacial score (nSPS) is 11.0. The lowest BCUT2D eigenvalue weighted by Gasteiger charge is -2.19. The quantitative estimate of drug-likeness (QED) is 0.633. The molecule has 0 saturated heterocycles. The van der Waals surface area contributed by atoms with Crippen LogP contribution in [-0.4, -0.2) is 10.8 Å². The Balaban J connectivity index is 2.18. The molecule has 24 heavy (non-hydrogen) atoms. The van der Waals surface area contributed by atoms with Gasteiger partial charge in [-0.15, -0.1) is 0 Å². The molecule has 0 unspecified atom stereocenters. The zero-order valence-electron chi connectivity index (χ0n) is 14.2. The number of carbonyl (C=O) groups excluding carboxylic acids is 1. The van der Waals surface area contributed by atoms with E-state index >= 15 is 0 Å². The van der Waals surface area contributed by atoms with E-state index in [1.807, 2.05) is 45.9 Å². The van der Waals surface area contributed by atoms with Gasteiger partial charge in [-0.05, 0) is 36.8 Å². The summed E-state index contributed by atoms with van der Waals surface area (Å²) in [5.74, 6) is -0.0573. The van der Waals surface area contributed by atoms with Gasteiger partial charge in [0.1, 0.15) is 0 Å². The summed E-state index contributed by atoms with van der Waals surface area (Å²) in [5.41, 5.74) is 2.79. The average Bonchev–Trinajstić information content (AvgIpc) is 2.50. The van der Waals surface area contributed by atoms with E-state index < -0.39 is 10.3 Å². The molecule has 0 saturated carbocycles. The highest BCUT2D eigenvalue weighted by Crippen LogP contribution is 2.26. The zero-order valence-corrected chi connectivity index (χ0v) is 14.2. The smallest absolute Gasteiger partial charge is 0.269 e. The van der Waals surface area contributed by atoms with Crippen LogP contribution < -0.4 is 10.6 Å². The van der Waals surface area contributed by atoms with Crippen molar-refractivity contribution in [2.45, 2.75) is 27.7 Å². The summed E-state index contributed by atoms with van der Waals surface area (Å²) in [6.07, 6.45) is 0. The van der Waals surface area contributed by atoms with Crippen LogP contribution in [0.5, 0.6) is 0 Å². The Bertz CT molecular complexity index is 762. The Morgan fingerprint density at radius 2 is 1.62 bits per heavy atom. The Kier molecular flexibility index (Phi) is 4.87. The monoisotopic (exact) mass is 327 g/mol. The lowest BCUT2D eigenvalue weighted by atomic mass is 9.95. The van der Waals surface area contributed by atoms with Gasteiger partial charge in [0.2, 0.25) is 5.91 Å². The molecule has 2 rings (SSSR count). The van der Waals surface area contributed by atoms with Crippen molar-refractivity contribution in [3.63, 3.8) is 0 Å². The molecule has 0 aromatic heterocycles. The molecular weight excluding hydrogens is 306 g/mol. The highest BCUT2D eigenvalue weighted by Gasteiger charge is 2.21. The molecular formula is C18H21N3O3. The molecule has 0 spiro atoms. The SMILES string of the molecule is Cc1ccc(Nc2ccc([N+](=O)[O-])cc2)cc1NC(=O)C(C)(C)C. The van der Waals surface area contributed by atoms with E-state index in [1.165, 1.54) is 12.1 Å². The fraction of sp³-hybridized carbons (Fsp3) is 0.278. The predicted molar refractivity (Wildman–Crippen MR) is 95.6 cm³/mol. The second-order valence-corrected chi connectivity index (χ2v) is 6.66. The number of nitro groups is 1. The number of carbonyl (C=O) groups is 1. The lowest BCUT2D eigenvalue weighted by Crippen LogP contribution is -2.27. The van der Waals surface area contributed by atoms with Gasteiger partial charge >= 0.3 is 0 Å². The van der Waals surface area contributed by atoms with Crippen molar-refractivity contribution < 1.29 is 9.72 Å². The van der Waals surface area contributed by atoms with Crippen LogP contribution in [0.15, 0.2) is 42.5 Å². The molecule has 6 nitrogen and oxygen atoms in total. The maximum atomic E-state index is 12.2. The van der Waals surface area contributed by atoms with Gasteiger partial charge in [0.25, 0.3) is 5.69 Å². The largest absolute Gasteiger partial charge is 0.355 e. The predicted octanol–water partition coefficient (Wildman–Crippen LogP) is 4.63. The van der Waals surface area contributed by atoms with Gasteiger partial charge < -0.3 is 10.6 Å². The maximum Gasteiger partial charge on any atom is 0.269 e. The number of anilines is 3. The Labute approximate surface area is 141 Å². The van der Waals surface area contributed by atoms with Crippen LogP contribution in [0, 0.1) is 22.5 Å². The van der Waals surface area contributed by atoms with E-state index in [9.17, 15) is 14.9 Å². The van der Waals surface area contributed by atoms with Gasteiger partial charge in [-0.2, -0.15) is 0 Å². The summed E-state index contributed by atoms with van der Waals surface area (Å²) in [5, 5.41) is 16.8. The standard InChI is InChI=1S/C18H21N3O3/c1-12-5-6-14(11-16(12)20-17(22)18(2,3)4)19-13-7-9-15(10-8-13)21(23)24/h5-11,19H,1-4H3,(H,20,22).